The van der Waals surface area contributed by atoms with E-state index in [0.29, 0.717) is 17.1 Å². The number of hydrogen-bond donors (Lipinski definition) is 0. The molecule has 0 saturated carbocycles. The van der Waals surface area contributed by atoms with Crippen LogP contribution in [0.5, 0.6) is 0 Å². The molecule has 2 heterocycles. The fraction of sp³-hybridized carbons (Fsp3) is 0.0476. The lowest BCUT2D eigenvalue weighted by Crippen LogP contribution is -2.28. The average molecular weight is 466 g/mol. The first-order valence-electron chi connectivity index (χ1n) is 8.57. The maximum Gasteiger partial charge on any atom is 0.293 e. The van der Waals surface area contributed by atoms with Crippen molar-refractivity contribution in [2.75, 3.05) is 0 Å². The summed E-state index contributed by atoms with van der Waals surface area (Å²) in [6.45, 7) is -0.273. The highest BCUT2D eigenvalue weighted by Crippen LogP contribution is 2.35. The molecule has 0 spiro atoms. The van der Waals surface area contributed by atoms with Crippen molar-refractivity contribution >= 4 is 52.2 Å². The SMILES string of the molecule is O=C1S/C(=C\c2ccc(-c3ccc(F)c(Cl)c3)o2)C(=O)N1Cc1c(F)cccc1Cl. The largest absolute Gasteiger partial charge is 0.457 e. The van der Waals surface area contributed by atoms with E-state index >= 15 is 0 Å². The van der Waals surface area contributed by atoms with Gasteiger partial charge in [0, 0.05) is 22.2 Å². The van der Waals surface area contributed by atoms with Crippen LogP contribution in [0.15, 0.2) is 57.9 Å². The Morgan fingerprint density at radius 3 is 2.53 bits per heavy atom. The molecule has 0 aliphatic carbocycles. The average Bonchev–Trinajstić information content (AvgIpc) is 3.27. The van der Waals surface area contributed by atoms with Crippen LogP contribution in [0, 0.1) is 11.6 Å². The van der Waals surface area contributed by atoms with Crippen molar-refractivity contribution in [3.63, 3.8) is 0 Å². The van der Waals surface area contributed by atoms with Gasteiger partial charge in [0.05, 0.1) is 16.5 Å². The van der Waals surface area contributed by atoms with Gasteiger partial charge in [-0.1, -0.05) is 29.3 Å². The normalized spacial score (nSPS) is 15.5. The molecule has 1 aromatic heterocycles. The zero-order valence-electron chi connectivity index (χ0n) is 15.0. The highest BCUT2D eigenvalue weighted by Gasteiger charge is 2.36. The maximum absolute atomic E-state index is 14.0. The van der Waals surface area contributed by atoms with Crippen LogP contribution in [0.2, 0.25) is 10.0 Å². The summed E-state index contributed by atoms with van der Waals surface area (Å²) >= 11 is 12.5. The van der Waals surface area contributed by atoms with Crippen LogP contribution in [0.3, 0.4) is 0 Å². The molecule has 0 N–H and O–H groups in total. The second-order valence-electron chi connectivity index (χ2n) is 6.30. The standard InChI is InChI=1S/C21H11Cl2F2NO3S/c22-14-2-1-3-16(24)13(14)10-26-20(27)19(30-21(26)28)9-12-5-7-18(29-12)11-4-6-17(25)15(23)8-11/h1-9H,10H2/b19-9-. The third-order valence-corrected chi connectivity index (χ3v) is 5.91. The van der Waals surface area contributed by atoms with Gasteiger partial charge in [0.2, 0.25) is 0 Å². The Labute approximate surface area is 184 Å². The Balaban J connectivity index is 1.57. The van der Waals surface area contributed by atoms with E-state index in [1.54, 1.807) is 12.1 Å². The molecule has 2 aromatic carbocycles. The second-order valence-corrected chi connectivity index (χ2v) is 8.11. The number of carbonyl (C=O) groups is 2. The van der Waals surface area contributed by atoms with Crippen LogP contribution < -0.4 is 0 Å². The Morgan fingerprint density at radius 1 is 1.00 bits per heavy atom. The molecule has 2 amide bonds. The van der Waals surface area contributed by atoms with Gasteiger partial charge < -0.3 is 4.42 Å². The van der Waals surface area contributed by atoms with Crippen molar-refractivity contribution in [3.8, 4) is 11.3 Å². The first-order chi connectivity index (χ1) is 14.3. The van der Waals surface area contributed by atoms with Crippen molar-refractivity contribution in [2.45, 2.75) is 6.54 Å². The van der Waals surface area contributed by atoms with Gasteiger partial charge in [0.25, 0.3) is 11.1 Å². The Hall–Kier alpha value is -2.61. The number of rotatable bonds is 4. The maximum atomic E-state index is 14.0. The van der Waals surface area contributed by atoms with Gasteiger partial charge in [-0.3, -0.25) is 14.5 Å². The van der Waals surface area contributed by atoms with Gasteiger partial charge in [-0.15, -0.1) is 0 Å². The monoisotopic (exact) mass is 465 g/mol. The van der Waals surface area contributed by atoms with Crippen molar-refractivity contribution in [3.05, 3.63) is 86.4 Å². The lowest BCUT2D eigenvalue weighted by Gasteiger charge is -2.14. The third kappa shape index (κ3) is 4.01. The predicted octanol–water partition coefficient (Wildman–Crippen LogP) is 6.77. The molecule has 0 bridgehead atoms. The van der Waals surface area contributed by atoms with Gasteiger partial charge in [-0.05, 0) is 54.2 Å². The lowest BCUT2D eigenvalue weighted by atomic mass is 10.2. The van der Waals surface area contributed by atoms with Gasteiger partial charge in [-0.25, -0.2) is 8.78 Å². The molecule has 0 unspecified atom stereocenters. The number of thioether (sulfide) groups is 1. The molecule has 0 radical (unpaired) electrons. The van der Waals surface area contributed by atoms with Crippen LogP contribution >= 0.6 is 35.0 Å². The van der Waals surface area contributed by atoms with E-state index in [0.717, 1.165) is 16.7 Å². The third-order valence-electron chi connectivity index (χ3n) is 4.36. The van der Waals surface area contributed by atoms with Crippen molar-refractivity contribution in [1.29, 1.82) is 0 Å². The summed E-state index contributed by atoms with van der Waals surface area (Å²) in [5, 5.41) is -0.451. The van der Waals surface area contributed by atoms with E-state index in [4.69, 9.17) is 27.6 Å². The molecule has 3 aromatic rings. The zero-order chi connectivity index (χ0) is 21.4. The van der Waals surface area contributed by atoms with Crippen LogP contribution in [-0.4, -0.2) is 16.0 Å². The van der Waals surface area contributed by atoms with Crippen LogP contribution in [0.4, 0.5) is 13.6 Å². The molecule has 4 nitrogen and oxygen atoms in total. The number of nitrogens with zero attached hydrogens (tertiary/aromatic N) is 1. The van der Waals surface area contributed by atoms with Crippen molar-refractivity contribution in [2.24, 2.45) is 0 Å². The summed E-state index contributed by atoms with van der Waals surface area (Å²) in [4.78, 5) is 26.0. The minimum absolute atomic E-state index is 0.0432. The minimum Gasteiger partial charge on any atom is -0.457 e. The number of halogens is 4. The number of amides is 2. The minimum atomic E-state index is -0.598. The van der Waals surface area contributed by atoms with E-state index in [9.17, 15) is 18.4 Å². The first-order valence-corrected chi connectivity index (χ1v) is 10.1. The Bertz CT molecular complexity index is 1190. The van der Waals surface area contributed by atoms with E-state index < -0.39 is 22.8 Å². The van der Waals surface area contributed by atoms with E-state index in [2.05, 4.69) is 0 Å². The summed E-state index contributed by atoms with van der Waals surface area (Å²) in [6, 6.07) is 11.5. The fourth-order valence-corrected chi connectivity index (χ4v) is 4.06. The van der Waals surface area contributed by atoms with Gasteiger partial charge in [-0.2, -0.15) is 0 Å². The number of furan rings is 1. The number of hydrogen-bond acceptors (Lipinski definition) is 4. The quantitative estimate of drug-likeness (QED) is 0.399. The summed E-state index contributed by atoms with van der Waals surface area (Å²) in [5.41, 5.74) is 0.625. The number of carbonyl (C=O) groups excluding carboxylic acids is 2. The molecular weight excluding hydrogens is 455 g/mol. The number of imide groups is 1. The highest BCUT2D eigenvalue weighted by atomic mass is 35.5. The molecule has 1 aliphatic rings. The van der Waals surface area contributed by atoms with Gasteiger partial charge >= 0.3 is 0 Å². The predicted molar refractivity (Wildman–Crippen MR) is 112 cm³/mol. The summed E-state index contributed by atoms with van der Waals surface area (Å²) in [7, 11) is 0. The molecule has 4 rings (SSSR count). The topological polar surface area (TPSA) is 50.5 Å². The molecule has 1 saturated heterocycles. The summed E-state index contributed by atoms with van der Waals surface area (Å²) in [5.74, 6) is -0.984. The Morgan fingerprint density at radius 2 is 1.80 bits per heavy atom. The van der Waals surface area contributed by atoms with Gasteiger partial charge in [0.1, 0.15) is 23.2 Å². The molecule has 1 fully saturated rings. The first kappa shape index (κ1) is 20.7. The second kappa shape index (κ2) is 8.26. The van der Waals surface area contributed by atoms with Gasteiger partial charge in [0.15, 0.2) is 0 Å². The summed E-state index contributed by atoms with van der Waals surface area (Å²) in [6.07, 6.45) is 1.42. The number of benzene rings is 2. The molecule has 9 heteroatoms. The zero-order valence-corrected chi connectivity index (χ0v) is 17.3. The smallest absolute Gasteiger partial charge is 0.293 e. The molecule has 1 aliphatic heterocycles. The summed E-state index contributed by atoms with van der Waals surface area (Å²) < 4.78 is 33.0. The molecule has 152 valence electrons. The van der Waals surface area contributed by atoms with Crippen LogP contribution in [0.1, 0.15) is 11.3 Å². The van der Waals surface area contributed by atoms with Crippen molar-refractivity contribution < 1.29 is 22.8 Å². The van der Waals surface area contributed by atoms with E-state index in [-0.39, 0.29) is 27.1 Å². The van der Waals surface area contributed by atoms with E-state index in [1.165, 1.54) is 42.5 Å². The molecule has 0 atom stereocenters. The van der Waals surface area contributed by atoms with Crippen LogP contribution in [-0.2, 0) is 11.3 Å². The highest BCUT2D eigenvalue weighted by molar-refractivity contribution is 8.18. The van der Waals surface area contributed by atoms with E-state index in [1.807, 2.05) is 0 Å². The Kier molecular flexibility index (Phi) is 5.69. The molecule has 30 heavy (non-hydrogen) atoms. The fourth-order valence-electron chi connectivity index (χ4n) is 2.84. The molecular formula is C21H11Cl2F2NO3S. The van der Waals surface area contributed by atoms with Crippen molar-refractivity contribution in [1.82, 2.24) is 4.90 Å². The lowest BCUT2D eigenvalue weighted by molar-refractivity contribution is -0.123. The van der Waals surface area contributed by atoms with Crippen LogP contribution in [0.25, 0.3) is 17.4 Å².